The molecule has 0 N–H and O–H groups in total. The molecule has 0 aliphatic carbocycles. The van der Waals surface area contributed by atoms with E-state index in [0.29, 0.717) is 0 Å². The van der Waals surface area contributed by atoms with Crippen molar-refractivity contribution < 1.29 is 4.79 Å². The number of carbonyl (C=O) groups is 1. The van der Waals surface area contributed by atoms with Crippen LogP contribution in [-0.2, 0) is 0 Å². The lowest BCUT2D eigenvalue weighted by molar-refractivity contribution is 0.0941. The summed E-state index contributed by atoms with van der Waals surface area (Å²) in [7, 11) is 0. The summed E-state index contributed by atoms with van der Waals surface area (Å²) in [6, 6.07) is 18.2. The minimum absolute atomic E-state index is 0.0114. The van der Waals surface area contributed by atoms with Crippen molar-refractivity contribution in [2.24, 2.45) is 0 Å². The summed E-state index contributed by atoms with van der Waals surface area (Å²) < 4.78 is 1.66. The van der Waals surface area contributed by atoms with Crippen LogP contribution in [0.2, 0.25) is 0 Å². The number of nitrogens with zero attached hydrogens (tertiary/aromatic N) is 2. The summed E-state index contributed by atoms with van der Waals surface area (Å²) >= 11 is 0. The van der Waals surface area contributed by atoms with E-state index in [-0.39, 0.29) is 5.91 Å². The van der Waals surface area contributed by atoms with Crippen LogP contribution in [0.25, 0.3) is 27.4 Å². The van der Waals surface area contributed by atoms with Crippen LogP contribution >= 0.6 is 0 Å². The predicted octanol–water partition coefficient (Wildman–Crippen LogP) is 5.22. The van der Waals surface area contributed by atoms with Gasteiger partial charge in [-0.05, 0) is 54.0 Å². The van der Waals surface area contributed by atoms with Crippen LogP contribution in [-0.4, -0.2) is 15.5 Å². The summed E-state index contributed by atoms with van der Waals surface area (Å²) in [5.41, 5.74) is 5.96. The monoisotopic (exact) mass is 326 g/mol. The molecule has 0 aliphatic heterocycles. The largest absolute Gasteiger partial charge is 0.287 e. The van der Waals surface area contributed by atoms with E-state index < -0.39 is 0 Å². The maximum Gasteiger partial charge on any atom is 0.227 e. The fourth-order valence-corrected chi connectivity index (χ4v) is 3.32. The van der Waals surface area contributed by atoms with E-state index in [1.165, 1.54) is 0 Å². The first-order chi connectivity index (χ1) is 12.0. The molecule has 0 fully saturated rings. The van der Waals surface area contributed by atoms with Gasteiger partial charge in [-0.1, -0.05) is 30.8 Å². The van der Waals surface area contributed by atoms with Crippen LogP contribution in [0.4, 0.5) is 0 Å². The molecule has 0 bridgehead atoms. The fourth-order valence-electron chi connectivity index (χ4n) is 3.32. The molecule has 4 rings (SSSR count). The molecule has 0 unspecified atom stereocenters. The van der Waals surface area contributed by atoms with Crippen LogP contribution in [0.15, 0.2) is 67.4 Å². The van der Waals surface area contributed by atoms with Crippen LogP contribution < -0.4 is 0 Å². The lowest BCUT2D eigenvalue weighted by atomic mass is 9.95. The Kier molecular flexibility index (Phi) is 3.50. The zero-order valence-electron chi connectivity index (χ0n) is 14.3. The van der Waals surface area contributed by atoms with E-state index in [9.17, 15) is 4.79 Å². The molecule has 2 aromatic carbocycles. The number of rotatable bonds is 2. The Bertz CT molecular complexity index is 1150. The maximum absolute atomic E-state index is 11.7. The van der Waals surface area contributed by atoms with Crippen LogP contribution in [0.1, 0.15) is 28.5 Å². The van der Waals surface area contributed by atoms with Gasteiger partial charge in [-0.25, -0.2) is 0 Å². The Morgan fingerprint density at radius 1 is 1.08 bits per heavy atom. The molecule has 0 saturated carbocycles. The minimum Gasteiger partial charge on any atom is -0.287 e. The van der Waals surface area contributed by atoms with E-state index in [0.717, 1.165) is 44.2 Å². The molecule has 0 saturated heterocycles. The van der Waals surface area contributed by atoms with Gasteiger partial charge in [-0.15, -0.1) is 0 Å². The Hall–Kier alpha value is -3.20. The zero-order valence-corrected chi connectivity index (χ0v) is 14.3. The third-order valence-corrected chi connectivity index (χ3v) is 4.55. The highest BCUT2D eigenvalue weighted by atomic mass is 16.1. The standard InChI is InChI=1S/C22H18N2O/c1-14-12-20(19-6-4-5-7-21(19)23-14)15(2)17-8-9-22-18(13-17)10-11-24(22)16(3)25/h4-13H,2H2,1,3H3. The van der Waals surface area contributed by atoms with Crippen molar-refractivity contribution in [3.8, 4) is 0 Å². The molecule has 25 heavy (non-hydrogen) atoms. The number of hydrogen-bond acceptors (Lipinski definition) is 2. The first-order valence-electron chi connectivity index (χ1n) is 8.23. The van der Waals surface area contributed by atoms with E-state index in [1.54, 1.807) is 11.5 Å². The average molecular weight is 326 g/mol. The highest BCUT2D eigenvalue weighted by molar-refractivity contribution is 5.98. The third kappa shape index (κ3) is 2.54. The van der Waals surface area contributed by atoms with Crippen LogP contribution in [0, 0.1) is 6.92 Å². The molecule has 3 nitrogen and oxygen atoms in total. The SMILES string of the molecule is C=C(c1ccc2c(ccn2C(C)=O)c1)c1cc(C)nc2ccccc12. The Morgan fingerprint density at radius 2 is 1.88 bits per heavy atom. The highest BCUT2D eigenvalue weighted by Gasteiger charge is 2.11. The van der Waals surface area contributed by atoms with Gasteiger partial charge in [0, 0.05) is 29.6 Å². The molecule has 0 atom stereocenters. The number of carbonyl (C=O) groups excluding carboxylic acids is 1. The lowest BCUT2D eigenvalue weighted by Crippen LogP contribution is -2.02. The number of aryl methyl sites for hydroxylation is 1. The summed E-state index contributed by atoms with van der Waals surface area (Å²) in [6.07, 6.45) is 1.81. The lowest BCUT2D eigenvalue weighted by Gasteiger charge is -2.11. The van der Waals surface area contributed by atoms with Gasteiger partial charge in [-0.3, -0.25) is 14.3 Å². The topological polar surface area (TPSA) is 34.9 Å². The van der Waals surface area contributed by atoms with Gasteiger partial charge in [0.05, 0.1) is 11.0 Å². The molecular weight excluding hydrogens is 308 g/mol. The smallest absolute Gasteiger partial charge is 0.227 e. The Labute approximate surface area is 146 Å². The third-order valence-electron chi connectivity index (χ3n) is 4.55. The van der Waals surface area contributed by atoms with E-state index in [2.05, 4.69) is 29.8 Å². The van der Waals surface area contributed by atoms with E-state index in [1.807, 2.05) is 49.5 Å². The highest BCUT2D eigenvalue weighted by Crippen LogP contribution is 2.30. The number of fused-ring (bicyclic) bond motifs is 2. The van der Waals surface area contributed by atoms with Gasteiger partial charge in [0.1, 0.15) is 0 Å². The zero-order chi connectivity index (χ0) is 17.6. The second kappa shape index (κ2) is 5.71. The van der Waals surface area contributed by atoms with Crippen LogP contribution in [0.5, 0.6) is 0 Å². The number of pyridine rings is 1. The molecular formula is C22H18N2O. The summed E-state index contributed by atoms with van der Waals surface area (Å²) in [6.45, 7) is 7.90. The second-order valence-corrected chi connectivity index (χ2v) is 6.29. The van der Waals surface area contributed by atoms with Crippen molar-refractivity contribution in [1.82, 2.24) is 9.55 Å². The van der Waals surface area contributed by atoms with Crippen molar-refractivity contribution >= 4 is 33.3 Å². The van der Waals surface area contributed by atoms with Crippen molar-refractivity contribution in [3.05, 3.63) is 84.2 Å². The summed E-state index contributed by atoms with van der Waals surface area (Å²) in [5.74, 6) is 0.0114. The number of hydrogen-bond donors (Lipinski definition) is 0. The Balaban J connectivity index is 1.87. The summed E-state index contributed by atoms with van der Waals surface area (Å²) in [4.78, 5) is 16.3. The second-order valence-electron chi connectivity index (χ2n) is 6.29. The van der Waals surface area contributed by atoms with Gasteiger partial charge in [-0.2, -0.15) is 0 Å². The van der Waals surface area contributed by atoms with Crippen molar-refractivity contribution in [2.75, 3.05) is 0 Å². The van der Waals surface area contributed by atoms with Gasteiger partial charge in [0.2, 0.25) is 5.91 Å². The molecule has 0 spiro atoms. The average Bonchev–Trinajstić information content (AvgIpc) is 3.03. The van der Waals surface area contributed by atoms with Gasteiger partial charge in [0.25, 0.3) is 0 Å². The molecule has 2 heterocycles. The van der Waals surface area contributed by atoms with Gasteiger partial charge in [0.15, 0.2) is 0 Å². The maximum atomic E-state index is 11.7. The number of para-hydroxylation sites is 1. The van der Waals surface area contributed by atoms with Gasteiger partial charge >= 0.3 is 0 Å². The van der Waals surface area contributed by atoms with E-state index in [4.69, 9.17) is 0 Å². The quantitative estimate of drug-likeness (QED) is 0.506. The number of benzene rings is 2. The molecule has 0 aliphatic rings. The predicted molar refractivity (Wildman–Crippen MR) is 103 cm³/mol. The fraction of sp³-hybridized carbons (Fsp3) is 0.0909. The first kappa shape index (κ1) is 15.3. The molecule has 2 aromatic heterocycles. The molecule has 4 aromatic rings. The van der Waals surface area contributed by atoms with Crippen molar-refractivity contribution in [2.45, 2.75) is 13.8 Å². The van der Waals surface area contributed by atoms with Crippen LogP contribution in [0.3, 0.4) is 0 Å². The molecule has 3 heteroatoms. The van der Waals surface area contributed by atoms with Crippen molar-refractivity contribution in [1.29, 1.82) is 0 Å². The van der Waals surface area contributed by atoms with Gasteiger partial charge < -0.3 is 0 Å². The minimum atomic E-state index is 0.0114. The normalized spacial score (nSPS) is 11.1. The molecule has 0 amide bonds. The molecule has 0 radical (unpaired) electrons. The summed E-state index contributed by atoms with van der Waals surface area (Å²) in [5, 5.41) is 2.13. The van der Waals surface area contributed by atoms with E-state index >= 15 is 0 Å². The first-order valence-corrected chi connectivity index (χ1v) is 8.23. The number of aromatic nitrogens is 2. The Morgan fingerprint density at radius 3 is 2.68 bits per heavy atom. The van der Waals surface area contributed by atoms with Crippen molar-refractivity contribution in [3.63, 3.8) is 0 Å². The molecule has 122 valence electrons.